The van der Waals surface area contributed by atoms with Crippen molar-refractivity contribution in [2.24, 2.45) is 5.73 Å². The van der Waals surface area contributed by atoms with Gasteiger partial charge in [-0.3, -0.25) is 9.69 Å². The van der Waals surface area contributed by atoms with Crippen molar-refractivity contribution in [3.63, 3.8) is 0 Å². The largest absolute Gasteiger partial charge is 0.352 e. The van der Waals surface area contributed by atoms with Gasteiger partial charge in [0.05, 0.1) is 6.42 Å². The van der Waals surface area contributed by atoms with Gasteiger partial charge in [-0.1, -0.05) is 24.3 Å². The predicted molar refractivity (Wildman–Crippen MR) is 79.2 cm³/mol. The van der Waals surface area contributed by atoms with E-state index in [1.54, 1.807) is 0 Å². The quantitative estimate of drug-likeness (QED) is 0.843. The molecule has 0 radical (unpaired) electrons. The summed E-state index contributed by atoms with van der Waals surface area (Å²) in [6, 6.07) is 9.04. The van der Waals surface area contributed by atoms with Crippen LogP contribution in [-0.2, 0) is 17.8 Å². The Labute approximate surface area is 120 Å². The molecule has 1 atom stereocenters. The van der Waals surface area contributed by atoms with Gasteiger partial charge in [-0.25, -0.2) is 0 Å². The SMILES string of the molecule is NCc1ccccc1CC(=O)NC1CCN(C2CC2)C1. The van der Waals surface area contributed by atoms with Gasteiger partial charge in [-0.05, 0) is 30.4 Å². The highest BCUT2D eigenvalue weighted by molar-refractivity contribution is 5.79. The fourth-order valence-corrected chi connectivity index (χ4v) is 3.06. The second kappa shape index (κ2) is 5.94. The Morgan fingerprint density at radius 3 is 2.70 bits per heavy atom. The second-order valence-electron chi connectivity index (χ2n) is 5.93. The molecular formula is C16H23N3O. The van der Waals surface area contributed by atoms with Gasteiger partial charge in [0.1, 0.15) is 0 Å². The molecule has 1 aliphatic heterocycles. The summed E-state index contributed by atoms with van der Waals surface area (Å²) in [5.74, 6) is 0.119. The molecule has 1 aromatic rings. The van der Waals surface area contributed by atoms with E-state index in [-0.39, 0.29) is 5.91 Å². The average Bonchev–Trinajstić information content (AvgIpc) is 3.20. The maximum atomic E-state index is 12.2. The van der Waals surface area contributed by atoms with Gasteiger partial charge >= 0.3 is 0 Å². The lowest BCUT2D eigenvalue weighted by Gasteiger charge is -2.16. The smallest absolute Gasteiger partial charge is 0.224 e. The number of rotatable bonds is 5. The molecule has 3 rings (SSSR count). The van der Waals surface area contributed by atoms with E-state index in [0.717, 1.165) is 36.7 Å². The normalized spacial score (nSPS) is 22.9. The molecule has 108 valence electrons. The van der Waals surface area contributed by atoms with Crippen molar-refractivity contribution in [2.45, 2.75) is 44.3 Å². The summed E-state index contributed by atoms with van der Waals surface area (Å²) in [6.45, 7) is 2.65. The summed E-state index contributed by atoms with van der Waals surface area (Å²) in [4.78, 5) is 14.7. The van der Waals surface area contributed by atoms with Crippen molar-refractivity contribution in [3.05, 3.63) is 35.4 Å². The first kappa shape index (κ1) is 13.6. The van der Waals surface area contributed by atoms with Crippen molar-refractivity contribution in [3.8, 4) is 0 Å². The first-order valence-electron chi connectivity index (χ1n) is 7.56. The van der Waals surface area contributed by atoms with Crippen LogP contribution < -0.4 is 11.1 Å². The summed E-state index contributed by atoms with van der Waals surface area (Å²) in [6.07, 6.45) is 4.20. The van der Waals surface area contributed by atoms with Crippen LogP contribution in [0.1, 0.15) is 30.4 Å². The topological polar surface area (TPSA) is 58.4 Å². The minimum atomic E-state index is 0.119. The third-order valence-electron chi connectivity index (χ3n) is 4.34. The van der Waals surface area contributed by atoms with Gasteiger partial charge in [0.15, 0.2) is 0 Å². The molecule has 1 heterocycles. The molecule has 1 aromatic carbocycles. The van der Waals surface area contributed by atoms with Crippen LogP contribution in [-0.4, -0.2) is 36.0 Å². The summed E-state index contributed by atoms with van der Waals surface area (Å²) >= 11 is 0. The number of carbonyl (C=O) groups excluding carboxylic acids is 1. The standard InChI is InChI=1S/C16H23N3O/c17-10-13-4-2-1-3-12(13)9-16(20)18-14-7-8-19(11-14)15-5-6-15/h1-4,14-15H,5-11,17H2,(H,18,20). The number of amides is 1. The number of hydrogen-bond donors (Lipinski definition) is 2. The first-order chi connectivity index (χ1) is 9.76. The summed E-state index contributed by atoms with van der Waals surface area (Å²) in [5.41, 5.74) is 7.82. The average molecular weight is 273 g/mol. The Morgan fingerprint density at radius 2 is 2.00 bits per heavy atom. The number of likely N-dealkylation sites (tertiary alicyclic amines) is 1. The number of benzene rings is 1. The molecule has 2 fully saturated rings. The number of nitrogens with two attached hydrogens (primary N) is 1. The highest BCUT2D eigenvalue weighted by atomic mass is 16.1. The summed E-state index contributed by atoms with van der Waals surface area (Å²) in [5, 5.41) is 3.17. The molecule has 0 spiro atoms. The molecule has 1 aliphatic carbocycles. The molecule has 0 bridgehead atoms. The van der Waals surface area contributed by atoms with Gasteiger partial charge in [0, 0.05) is 31.7 Å². The fraction of sp³-hybridized carbons (Fsp3) is 0.562. The van der Waals surface area contributed by atoms with Crippen LogP contribution in [0.25, 0.3) is 0 Å². The molecule has 1 saturated carbocycles. The van der Waals surface area contributed by atoms with Crippen LogP contribution in [0.2, 0.25) is 0 Å². The summed E-state index contributed by atoms with van der Waals surface area (Å²) in [7, 11) is 0. The Bertz CT molecular complexity index is 484. The minimum absolute atomic E-state index is 0.119. The molecule has 1 unspecified atom stereocenters. The highest BCUT2D eigenvalue weighted by Crippen LogP contribution is 2.29. The van der Waals surface area contributed by atoms with Crippen molar-refractivity contribution >= 4 is 5.91 Å². The van der Waals surface area contributed by atoms with Crippen molar-refractivity contribution in [1.82, 2.24) is 10.2 Å². The lowest BCUT2D eigenvalue weighted by Crippen LogP contribution is -2.38. The monoisotopic (exact) mass is 273 g/mol. The van der Waals surface area contributed by atoms with Crippen LogP contribution in [0.4, 0.5) is 0 Å². The summed E-state index contributed by atoms with van der Waals surface area (Å²) < 4.78 is 0. The molecule has 4 heteroatoms. The van der Waals surface area contributed by atoms with Crippen molar-refractivity contribution in [1.29, 1.82) is 0 Å². The molecule has 2 aliphatic rings. The van der Waals surface area contributed by atoms with E-state index in [4.69, 9.17) is 5.73 Å². The molecule has 20 heavy (non-hydrogen) atoms. The minimum Gasteiger partial charge on any atom is -0.352 e. The number of carbonyl (C=O) groups is 1. The zero-order valence-electron chi connectivity index (χ0n) is 11.8. The second-order valence-corrected chi connectivity index (χ2v) is 5.93. The number of hydrogen-bond acceptors (Lipinski definition) is 3. The number of nitrogens with zero attached hydrogens (tertiary/aromatic N) is 1. The Morgan fingerprint density at radius 1 is 1.25 bits per heavy atom. The molecule has 3 N–H and O–H groups in total. The third-order valence-corrected chi connectivity index (χ3v) is 4.34. The van der Waals surface area contributed by atoms with E-state index in [2.05, 4.69) is 10.2 Å². The van der Waals surface area contributed by atoms with Crippen molar-refractivity contribution < 1.29 is 4.79 Å². The third kappa shape index (κ3) is 3.19. The molecule has 4 nitrogen and oxygen atoms in total. The van der Waals surface area contributed by atoms with Gasteiger partial charge in [-0.15, -0.1) is 0 Å². The van der Waals surface area contributed by atoms with E-state index in [9.17, 15) is 4.79 Å². The fourth-order valence-electron chi connectivity index (χ4n) is 3.06. The highest BCUT2D eigenvalue weighted by Gasteiger charge is 2.34. The van der Waals surface area contributed by atoms with Gasteiger partial charge < -0.3 is 11.1 Å². The zero-order valence-corrected chi connectivity index (χ0v) is 11.8. The van der Waals surface area contributed by atoms with Crippen LogP contribution in [0, 0.1) is 0 Å². The van der Waals surface area contributed by atoms with E-state index >= 15 is 0 Å². The Balaban J connectivity index is 1.52. The first-order valence-corrected chi connectivity index (χ1v) is 7.56. The van der Waals surface area contributed by atoms with Crippen LogP contribution >= 0.6 is 0 Å². The number of nitrogens with one attached hydrogen (secondary N) is 1. The molecule has 1 amide bonds. The van der Waals surface area contributed by atoms with Crippen molar-refractivity contribution in [2.75, 3.05) is 13.1 Å². The van der Waals surface area contributed by atoms with Crippen LogP contribution in [0.3, 0.4) is 0 Å². The Kier molecular flexibility index (Phi) is 4.03. The zero-order chi connectivity index (χ0) is 13.9. The van der Waals surface area contributed by atoms with Crippen LogP contribution in [0.15, 0.2) is 24.3 Å². The van der Waals surface area contributed by atoms with E-state index in [1.165, 1.54) is 12.8 Å². The Hall–Kier alpha value is -1.39. The van der Waals surface area contributed by atoms with E-state index in [0.29, 0.717) is 19.0 Å². The van der Waals surface area contributed by atoms with Crippen LogP contribution in [0.5, 0.6) is 0 Å². The van der Waals surface area contributed by atoms with Gasteiger partial charge in [-0.2, -0.15) is 0 Å². The molecular weight excluding hydrogens is 250 g/mol. The predicted octanol–water partition coefficient (Wildman–Crippen LogP) is 1.04. The maximum Gasteiger partial charge on any atom is 0.224 e. The van der Waals surface area contributed by atoms with Gasteiger partial charge in [0.2, 0.25) is 5.91 Å². The van der Waals surface area contributed by atoms with E-state index < -0.39 is 0 Å². The molecule has 0 aromatic heterocycles. The van der Waals surface area contributed by atoms with Gasteiger partial charge in [0.25, 0.3) is 0 Å². The van der Waals surface area contributed by atoms with E-state index in [1.807, 2.05) is 24.3 Å². The molecule has 1 saturated heterocycles. The lowest BCUT2D eigenvalue weighted by molar-refractivity contribution is -0.121. The lowest BCUT2D eigenvalue weighted by atomic mass is 10.0. The maximum absolute atomic E-state index is 12.2.